The minimum atomic E-state index is -4.05. The van der Waals surface area contributed by atoms with E-state index in [1.165, 1.54) is 50.8 Å². The molecule has 30 heavy (non-hydrogen) atoms. The van der Waals surface area contributed by atoms with Crippen LogP contribution in [-0.2, 0) is 32.4 Å². The lowest BCUT2D eigenvalue weighted by atomic mass is 9.95. The maximum atomic E-state index is 12.9. The fourth-order valence-corrected chi connectivity index (χ4v) is 5.97. The van der Waals surface area contributed by atoms with Gasteiger partial charge < -0.3 is 10.1 Å². The number of esters is 1. The maximum absolute atomic E-state index is 12.9. The highest BCUT2D eigenvalue weighted by molar-refractivity contribution is 7.89. The summed E-state index contributed by atoms with van der Waals surface area (Å²) in [5.74, 6) is -1.07. The number of thiophene rings is 1. The molecule has 1 aliphatic carbocycles. The highest BCUT2D eigenvalue weighted by atomic mass is 35.5. The van der Waals surface area contributed by atoms with Gasteiger partial charge in [-0.25, -0.2) is 13.2 Å². The number of carbonyl (C=O) groups excluding carboxylic acids is 2. The van der Waals surface area contributed by atoms with Crippen LogP contribution in [0.5, 0.6) is 0 Å². The maximum Gasteiger partial charge on any atom is 0.341 e. The minimum absolute atomic E-state index is 0.0442. The van der Waals surface area contributed by atoms with Crippen LogP contribution in [-0.4, -0.2) is 46.0 Å². The van der Waals surface area contributed by atoms with Gasteiger partial charge in [0.1, 0.15) is 9.90 Å². The Labute approximate surface area is 183 Å². The molecule has 8 nitrogen and oxygen atoms in total. The Morgan fingerprint density at radius 1 is 1.20 bits per heavy atom. The van der Waals surface area contributed by atoms with Gasteiger partial charge in [-0.1, -0.05) is 16.1 Å². The quantitative estimate of drug-likeness (QED) is 0.510. The fourth-order valence-electron chi connectivity index (χ4n) is 3.23. The zero-order valence-corrected chi connectivity index (χ0v) is 19.0. The van der Waals surface area contributed by atoms with Gasteiger partial charge in [-0.05, 0) is 49.4 Å². The van der Waals surface area contributed by atoms with Crippen LogP contribution in [0.25, 0.3) is 0 Å². The number of benzene rings is 1. The van der Waals surface area contributed by atoms with Crippen LogP contribution in [0.15, 0.2) is 23.1 Å². The minimum Gasteiger partial charge on any atom is -0.465 e. The molecule has 0 atom stereocenters. The van der Waals surface area contributed by atoms with E-state index in [2.05, 4.69) is 5.32 Å². The van der Waals surface area contributed by atoms with Gasteiger partial charge in [-0.15, -0.1) is 11.3 Å². The molecule has 1 heterocycles. The summed E-state index contributed by atoms with van der Waals surface area (Å²) in [5, 5.41) is 3.09. The van der Waals surface area contributed by atoms with Gasteiger partial charge >= 0.3 is 5.97 Å². The molecule has 1 aromatic carbocycles. The molecule has 0 aliphatic heterocycles. The molecule has 0 bridgehead atoms. The van der Waals surface area contributed by atoms with Crippen molar-refractivity contribution >= 4 is 49.8 Å². The zero-order valence-electron chi connectivity index (χ0n) is 16.7. The Hall–Kier alpha value is -1.98. The second-order valence-electron chi connectivity index (χ2n) is 6.60. The van der Waals surface area contributed by atoms with E-state index >= 15 is 0 Å². The van der Waals surface area contributed by atoms with E-state index in [-0.39, 0.29) is 15.5 Å². The molecule has 1 aromatic heterocycles. The van der Waals surface area contributed by atoms with Crippen LogP contribution in [0.3, 0.4) is 0 Å². The van der Waals surface area contributed by atoms with Crippen molar-refractivity contribution in [2.75, 3.05) is 26.6 Å². The first-order valence-corrected chi connectivity index (χ1v) is 11.7. The van der Waals surface area contributed by atoms with Crippen molar-refractivity contribution in [1.82, 2.24) is 4.47 Å². The highest BCUT2D eigenvalue weighted by Crippen LogP contribution is 2.39. The Kier molecular flexibility index (Phi) is 6.83. The molecule has 0 saturated carbocycles. The van der Waals surface area contributed by atoms with Crippen molar-refractivity contribution in [2.24, 2.45) is 0 Å². The third kappa shape index (κ3) is 4.23. The molecule has 1 aliphatic rings. The van der Waals surface area contributed by atoms with E-state index in [0.717, 1.165) is 36.1 Å². The summed E-state index contributed by atoms with van der Waals surface area (Å²) < 4.78 is 30.7. The van der Waals surface area contributed by atoms with Crippen LogP contribution >= 0.6 is 22.9 Å². The number of rotatable bonds is 6. The Bertz CT molecular complexity index is 1100. The molecular weight excluding hydrogens is 452 g/mol. The number of aryl methyl sites for hydroxylation is 1. The molecule has 0 radical (unpaired) electrons. The summed E-state index contributed by atoms with van der Waals surface area (Å²) >= 11 is 7.39. The van der Waals surface area contributed by atoms with Crippen molar-refractivity contribution in [1.29, 1.82) is 0 Å². The van der Waals surface area contributed by atoms with E-state index < -0.39 is 21.9 Å². The van der Waals surface area contributed by atoms with Gasteiger partial charge in [0.05, 0.1) is 24.8 Å². The Morgan fingerprint density at radius 3 is 2.57 bits per heavy atom. The summed E-state index contributed by atoms with van der Waals surface area (Å²) in [6.45, 7) is 0. The van der Waals surface area contributed by atoms with Crippen molar-refractivity contribution in [3.8, 4) is 0 Å². The van der Waals surface area contributed by atoms with Crippen LogP contribution in [0.2, 0.25) is 5.02 Å². The number of hydrogen-bond donors (Lipinski definition) is 1. The first-order chi connectivity index (χ1) is 14.2. The molecular formula is C19H21ClN2O6S2. The number of anilines is 1. The molecule has 0 unspecified atom stereocenters. The SMILES string of the molecule is COC(=O)c1c(NC(=O)c2ccc(Cl)c(S(=O)(=O)N(C)OC)c2)sc2c1CCCC2. The molecule has 11 heteroatoms. The Morgan fingerprint density at radius 2 is 1.90 bits per heavy atom. The normalized spacial score (nSPS) is 13.8. The van der Waals surface area contributed by atoms with Gasteiger partial charge in [-0.2, -0.15) is 0 Å². The number of ether oxygens (including phenoxy) is 1. The van der Waals surface area contributed by atoms with Crippen LogP contribution in [0.4, 0.5) is 5.00 Å². The van der Waals surface area contributed by atoms with E-state index in [1.807, 2.05) is 0 Å². The van der Waals surface area contributed by atoms with Crippen molar-refractivity contribution in [2.45, 2.75) is 30.6 Å². The number of nitrogens with zero attached hydrogens (tertiary/aromatic N) is 1. The van der Waals surface area contributed by atoms with E-state index in [4.69, 9.17) is 21.2 Å². The number of fused-ring (bicyclic) bond motifs is 1. The molecule has 3 rings (SSSR count). The monoisotopic (exact) mass is 472 g/mol. The third-order valence-corrected chi connectivity index (χ3v) is 8.22. The van der Waals surface area contributed by atoms with Crippen LogP contribution in [0.1, 0.15) is 44.0 Å². The summed E-state index contributed by atoms with van der Waals surface area (Å²) in [4.78, 5) is 30.8. The number of methoxy groups -OCH3 is 1. The number of halogens is 1. The van der Waals surface area contributed by atoms with Crippen LogP contribution in [0, 0.1) is 0 Å². The molecule has 1 amide bonds. The van der Waals surface area contributed by atoms with Gasteiger partial charge in [0.25, 0.3) is 15.9 Å². The summed E-state index contributed by atoms with van der Waals surface area (Å²) in [5.41, 5.74) is 1.35. The number of sulfonamides is 1. The second kappa shape index (κ2) is 9.03. The first kappa shape index (κ1) is 22.7. The smallest absolute Gasteiger partial charge is 0.341 e. The lowest BCUT2D eigenvalue weighted by Gasteiger charge is -2.16. The van der Waals surface area contributed by atoms with Crippen molar-refractivity contribution in [3.05, 3.63) is 44.8 Å². The lowest BCUT2D eigenvalue weighted by molar-refractivity contribution is -0.0258. The van der Waals surface area contributed by atoms with Crippen molar-refractivity contribution in [3.63, 3.8) is 0 Å². The predicted molar refractivity (Wildman–Crippen MR) is 114 cm³/mol. The van der Waals surface area contributed by atoms with Gasteiger partial charge in [-0.3, -0.25) is 9.63 Å². The highest BCUT2D eigenvalue weighted by Gasteiger charge is 2.28. The number of nitrogens with one attached hydrogen (secondary N) is 1. The average molecular weight is 473 g/mol. The topological polar surface area (TPSA) is 102 Å². The number of carbonyl (C=O) groups is 2. The molecule has 2 aromatic rings. The average Bonchev–Trinajstić information content (AvgIpc) is 3.10. The van der Waals surface area contributed by atoms with Gasteiger partial charge in [0, 0.05) is 17.5 Å². The molecule has 1 N–H and O–H groups in total. The zero-order chi connectivity index (χ0) is 22.1. The van der Waals surface area contributed by atoms with E-state index in [1.54, 1.807) is 0 Å². The van der Waals surface area contributed by atoms with E-state index in [0.29, 0.717) is 15.0 Å². The largest absolute Gasteiger partial charge is 0.465 e. The Balaban J connectivity index is 1.97. The second-order valence-corrected chi connectivity index (χ2v) is 10.0. The fraction of sp³-hybridized carbons (Fsp3) is 0.368. The summed E-state index contributed by atoms with van der Waals surface area (Å²) in [6, 6.07) is 3.91. The molecule has 0 fully saturated rings. The molecule has 162 valence electrons. The third-order valence-electron chi connectivity index (χ3n) is 4.85. The molecule has 0 spiro atoms. The number of hydroxylamine groups is 1. The van der Waals surface area contributed by atoms with Gasteiger partial charge in [0.2, 0.25) is 0 Å². The standard InChI is InChI=1S/C19H21ClN2O6S2/c1-22(28-3)30(25,26)15-10-11(8-9-13(15)20)17(23)21-18-16(19(24)27-2)12-6-4-5-7-14(12)29-18/h8-10H,4-7H2,1-3H3,(H,21,23). The number of hydrogen-bond acceptors (Lipinski definition) is 7. The predicted octanol–water partition coefficient (Wildman–Crippen LogP) is 3.50. The summed E-state index contributed by atoms with van der Waals surface area (Å²) in [7, 11) is -0.331. The lowest BCUT2D eigenvalue weighted by Crippen LogP contribution is -2.26. The number of amides is 1. The van der Waals surface area contributed by atoms with Crippen LogP contribution < -0.4 is 5.32 Å². The van der Waals surface area contributed by atoms with Gasteiger partial charge in [0.15, 0.2) is 0 Å². The first-order valence-electron chi connectivity index (χ1n) is 9.07. The molecule has 0 saturated heterocycles. The summed E-state index contributed by atoms with van der Waals surface area (Å²) in [6.07, 6.45) is 3.57. The van der Waals surface area contributed by atoms with Crippen molar-refractivity contribution < 1.29 is 27.6 Å². The van der Waals surface area contributed by atoms with E-state index in [9.17, 15) is 18.0 Å².